The van der Waals surface area contributed by atoms with Crippen LogP contribution in [0.2, 0.25) is 0 Å². The summed E-state index contributed by atoms with van der Waals surface area (Å²) in [4.78, 5) is 39.6. The quantitative estimate of drug-likeness (QED) is 0.609. The van der Waals surface area contributed by atoms with E-state index in [4.69, 9.17) is 0 Å². The number of hydrogen-bond donors (Lipinski definition) is 2. The third-order valence-electron chi connectivity index (χ3n) is 4.66. The summed E-state index contributed by atoms with van der Waals surface area (Å²) in [5, 5.41) is 5.45. The molecular weight excluding hydrogens is 399 g/mol. The van der Waals surface area contributed by atoms with Gasteiger partial charge in [0.05, 0.1) is 13.1 Å². The molecule has 31 heavy (non-hydrogen) atoms. The fourth-order valence-corrected chi connectivity index (χ4v) is 3.05. The Kier molecular flexibility index (Phi) is 9.14. The molecule has 2 aromatic carbocycles. The normalized spacial score (nSPS) is 10.6. The van der Waals surface area contributed by atoms with Crippen LogP contribution in [0, 0.1) is 5.82 Å². The van der Waals surface area contributed by atoms with Gasteiger partial charge in [-0.15, -0.1) is 0 Å². The number of likely N-dealkylation sites (N-methyl/N-ethyl adjacent to an activating group) is 2. The highest BCUT2D eigenvalue weighted by Gasteiger charge is 2.18. The molecule has 8 heteroatoms. The van der Waals surface area contributed by atoms with Crippen molar-refractivity contribution in [2.24, 2.45) is 0 Å². The van der Waals surface area contributed by atoms with E-state index >= 15 is 0 Å². The second kappa shape index (κ2) is 11.8. The molecule has 2 aromatic rings. The monoisotopic (exact) mass is 428 g/mol. The zero-order valence-corrected chi connectivity index (χ0v) is 18.2. The first-order valence-corrected chi connectivity index (χ1v) is 10.2. The Labute approximate surface area is 182 Å². The molecule has 0 atom stereocenters. The highest BCUT2D eigenvalue weighted by atomic mass is 19.1. The number of carbonyl (C=O) groups excluding carboxylic acids is 3. The molecule has 0 aliphatic heterocycles. The van der Waals surface area contributed by atoms with Crippen molar-refractivity contribution in [3.05, 3.63) is 59.9 Å². The third kappa shape index (κ3) is 8.18. The zero-order valence-electron chi connectivity index (χ0n) is 18.2. The minimum atomic E-state index is -0.335. The largest absolute Gasteiger partial charge is 0.338 e. The van der Waals surface area contributed by atoms with Crippen LogP contribution >= 0.6 is 0 Å². The van der Waals surface area contributed by atoms with Gasteiger partial charge >= 0.3 is 0 Å². The van der Waals surface area contributed by atoms with Gasteiger partial charge in [-0.1, -0.05) is 19.1 Å². The van der Waals surface area contributed by atoms with Crippen LogP contribution in [0.25, 0.3) is 0 Å². The molecule has 0 aromatic heterocycles. The summed E-state index contributed by atoms with van der Waals surface area (Å²) in [5.41, 5.74) is 1.96. The molecule has 3 amide bonds. The lowest BCUT2D eigenvalue weighted by molar-refractivity contribution is -0.133. The van der Waals surface area contributed by atoms with Crippen LogP contribution in [0.1, 0.15) is 26.3 Å². The van der Waals surface area contributed by atoms with Crippen LogP contribution in [0.3, 0.4) is 0 Å². The third-order valence-corrected chi connectivity index (χ3v) is 4.66. The lowest BCUT2D eigenvalue weighted by Gasteiger charge is -2.25. The van der Waals surface area contributed by atoms with Crippen LogP contribution < -0.4 is 10.6 Å². The molecule has 0 unspecified atom stereocenters. The molecule has 166 valence electrons. The Balaban J connectivity index is 1.89. The number of amides is 3. The van der Waals surface area contributed by atoms with Gasteiger partial charge in [0.1, 0.15) is 5.82 Å². The summed E-state index contributed by atoms with van der Waals surface area (Å²) in [6.07, 6.45) is 0. The molecule has 0 saturated heterocycles. The second-order valence-corrected chi connectivity index (χ2v) is 7.15. The molecule has 7 nitrogen and oxygen atoms in total. The topological polar surface area (TPSA) is 81.8 Å². The number of anilines is 2. The van der Waals surface area contributed by atoms with E-state index in [1.165, 1.54) is 19.1 Å². The molecule has 0 fully saturated rings. The van der Waals surface area contributed by atoms with E-state index in [1.807, 2.05) is 13.8 Å². The van der Waals surface area contributed by atoms with Crippen LogP contribution in [0.15, 0.2) is 48.5 Å². The molecule has 0 aliphatic rings. The summed E-state index contributed by atoms with van der Waals surface area (Å²) < 4.78 is 13.4. The van der Waals surface area contributed by atoms with E-state index < -0.39 is 0 Å². The average Bonchev–Trinajstić information content (AvgIpc) is 2.72. The smallest absolute Gasteiger partial charge is 0.238 e. The molecule has 0 saturated carbocycles. The van der Waals surface area contributed by atoms with Gasteiger partial charge in [0.15, 0.2) is 0 Å². The lowest BCUT2D eigenvalue weighted by atomic mass is 10.2. The summed E-state index contributed by atoms with van der Waals surface area (Å²) in [6.45, 7) is 6.65. The molecule has 2 rings (SSSR count). The van der Waals surface area contributed by atoms with Gasteiger partial charge in [-0.05, 0) is 55.4 Å². The molecule has 0 bridgehead atoms. The van der Waals surface area contributed by atoms with Crippen LogP contribution in [-0.4, -0.2) is 53.7 Å². The predicted molar refractivity (Wildman–Crippen MR) is 119 cm³/mol. The average molecular weight is 429 g/mol. The van der Waals surface area contributed by atoms with Crippen molar-refractivity contribution in [2.45, 2.75) is 27.3 Å². The summed E-state index contributed by atoms with van der Waals surface area (Å²) in [6, 6.07) is 13.0. The molecule has 0 spiro atoms. The fourth-order valence-electron chi connectivity index (χ4n) is 3.05. The van der Waals surface area contributed by atoms with E-state index in [1.54, 1.807) is 46.2 Å². The maximum Gasteiger partial charge on any atom is 0.238 e. The fraction of sp³-hybridized carbons (Fsp3) is 0.348. The molecule has 0 heterocycles. The summed E-state index contributed by atoms with van der Waals surface area (Å²) in [5.74, 6) is -0.868. The first-order valence-electron chi connectivity index (χ1n) is 10.2. The highest BCUT2D eigenvalue weighted by Crippen LogP contribution is 2.13. The van der Waals surface area contributed by atoms with Crippen LogP contribution in [-0.2, 0) is 20.9 Å². The first kappa shape index (κ1) is 24.0. The highest BCUT2D eigenvalue weighted by molar-refractivity contribution is 5.93. The zero-order chi connectivity index (χ0) is 22.8. The van der Waals surface area contributed by atoms with Crippen molar-refractivity contribution in [2.75, 3.05) is 36.8 Å². The van der Waals surface area contributed by atoms with E-state index in [9.17, 15) is 18.8 Å². The number of rotatable bonds is 10. The standard InChI is InChI=1S/C23H29FN4O3/c1-4-27(15-22(30)26-21-11-9-20(10-12-21)25-17(3)29)16-23(31)28(5-2)14-18-7-6-8-19(24)13-18/h6-13H,4-5,14-16H2,1-3H3,(H,25,29)(H,26,30). The van der Waals surface area contributed by atoms with Gasteiger partial charge < -0.3 is 15.5 Å². The number of nitrogens with zero attached hydrogens (tertiary/aromatic N) is 2. The Morgan fingerprint density at radius 3 is 2.10 bits per heavy atom. The van der Waals surface area contributed by atoms with Crippen LogP contribution in [0.5, 0.6) is 0 Å². The van der Waals surface area contributed by atoms with Crippen LogP contribution in [0.4, 0.5) is 15.8 Å². The maximum atomic E-state index is 13.4. The van der Waals surface area contributed by atoms with Crippen molar-refractivity contribution >= 4 is 29.1 Å². The first-order chi connectivity index (χ1) is 14.8. The van der Waals surface area contributed by atoms with E-state index in [-0.39, 0.29) is 36.6 Å². The molecular formula is C23H29FN4O3. The minimum Gasteiger partial charge on any atom is -0.338 e. The van der Waals surface area contributed by atoms with Crippen molar-refractivity contribution < 1.29 is 18.8 Å². The number of carbonyl (C=O) groups is 3. The maximum absolute atomic E-state index is 13.4. The SMILES string of the molecule is CCN(CC(=O)Nc1ccc(NC(C)=O)cc1)CC(=O)N(CC)Cc1cccc(F)c1. The van der Waals surface area contributed by atoms with E-state index in [2.05, 4.69) is 10.6 Å². The summed E-state index contributed by atoms with van der Waals surface area (Å²) in [7, 11) is 0. The Hall–Kier alpha value is -3.26. The summed E-state index contributed by atoms with van der Waals surface area (Å²) >= 11 is 0. The molecule has 0 radical (unpaired) electrons. The van der Waals surface area contributed by atoms with Gasteiger partial charge in [0.25, 0.3) is 0 Å². The predicted octanol–water partition coefficient (Wildman–Crippen LogP) is 3.09. The molecule has 0 aliphatic carbocycles. The van der Waals surface area contributed by atoms with E-state index in [0.29, 0.717) is 31.0 Å². The minimum absolute atomic E-state index is 0.0627. The van der Waals surface area contributed by atoms with Crippen molar-refractivity contribution in [3.8, 4) is 0 Å². The Bertz CT molecular complexity index is 902. The van der Waals surface area contributed by atoms with Gasteiger partial charge in [-0.3, -0.25) is 19.3 Å². The van der Waals surface area contributed by atoms with Gasteiger partial charge in [0.2, 0.25) is 17.7 Å². The number of hydrogen-bond acceptors (Lipinski definition) is 4. The second-order valence-electron chi connectivity index (χ2n) is 7.15. The van der Waals surface area contributed by atoms with Gasteiger partial charge in [-0.2, -0.15) is 0 Å². The Morgan fingerprint density at radius 2 is 1.55 bits per heavy atom. The molecule has 2 N–H and O–H groups in total. The number of benzene rings is 2. The van der Waals surface area contributed by atoms with Gasteiger partial charge in [-0.25, -0.2) is 4.39 Å². The van der Waals surface area contributed by atoms with Crippen molar-refractivity contribution in [1.82, 2.24) is 9.80 Å². The van der Waals surface area contributed by atoms with Gasteiger partial charge in [0, 0.05) is 31.4 Å². The van der Waals surface area contributed by atoms with E-state index in [0.717, 1.165) is 5.56 Å². The van der Waals surface area contributed by atoms with Crippen molar-refractivity contribution in [3.63, 3.8) is 0 Å². The lowest BCUT2D eigenvalue weighted by Crippen LogP contribution is -2.42. The van der Waals surface area contributed by atoms with Crippen molar-refractivity contribution in [1.29, 1.82) is 0 Å². The number of halogens is 1. The Morgan fingerprint density at radius 1 is 0.903 bits per heavy atom. The number of nitrogens with one attached hydrogen (secondary N) is 2.